The molecule has 17 heavy (non-hydrogen) atoms. The number of benzene rings is 1. The van der Waals surface area contributed by atoms with Gasteiger partial charge in [0, 0.05) is 16.7 Å². The van der Waals surface area contributed by atoms with Gasteiger partial charge in [-0.2, -0.15) is 0 Å². The fourth-order valence-electron chi connectivity index (χ4n) is 1.68. The highest BCUT2D eigenvalue weighted by Gasteiger charge is 2.20. The van der Waals surface area contributed by atoms with Crippen molar-refractivity contribution in [2.75, 3.05) is 19.4 Å². The topological polar surface area (TPSA) is 21.3 Å². The van der Waals surface area contributed by atoms with Crippen LogP contribution in [0.25, 0.3) is 0 Å². The van der Waals surface area contributed by atoms with Crippen molar-refractivity contribution in [2.45, 2.75) is 30.7 Å². The third-order valence-corrected chi connectivity index (χ3v) is 4.31. The molecular weight excluding hydrogens is 230 g/mol. The zero-order chi connectivity index (χ0) is 12.1. The van der Waals surface area contributed by atoms with Crippen LogP contribution in [-0.2, 0) is 0 Å². The second-order valence-corrected chi connectivity index (χ2v) is 5.81. The maximum atomic E-state index is 5.35. The van der Waals surface area contributed by atoms with Crippen molar-refractivity contribution in [1.82, 2.24) is 5.32 Å². The van der Waals surface area contributed by atoms with E-state index >= 15 is 0 Å². The average molecular weight is 251 g/mol. The van der Waals surface area contributed by atoms with Gasteiger partial charge in [0.05, 0.1) is 7.11 Å². The molecule has 1 aliphatic rings. The van der Waals surface area contributed by atoms with Crippen LogP contribution in [-0.4, -0.2) is 25.4 Å². The SMILES string of the molecule is COc1ccccc1SCC(C)CNC1CC1. The molecule has 1 saturated carbocycles. The molecule has 0 amide bonds. The number of thioether (sulfide) groups is 1. The molecule has 1 aromatic carbocycles. The van der Waals surface area contributed by atoms with Crippen LogP contribution in [0.3, 0.4) is 0 Å². The van der Waals surface area contributed by atoms with Gasteiger partial charge in [0.15, 0.2) is 0 Å². The highest BCUT2D eigenvalue weighted by atomic mass is 32.2. The van der Waals surface area contributed by atoms with Crippen molar-refractivity contribution in [1.29, 1.82) is 0 Å². The van der Waals surface area contributed by atoms with Crippen LogP contribution in [0.15, 0.2) is 29.2 Å². The lowest BCUT2D eigenvalue weighted by Gasteiger charge is -2.13. The molecule has 1 atom stereocenters. The van der Waals surface area contributed by atoms with Gasteiger partial charge in [0.25, 0.3) is 0 Å². The molecule has 1 aromatic rings. The molecule has 2 rings (SSSR count). The highest BCUT2D eigenvalue weighted by molar-refractivity contribution is 7.99. The van der Waals surface area contributed by atoms with Crippen LogP contribution >= 0.6 is 11.8 Å². The summed E-state index contributed by atoms with van der Waals surface area (Å²) in [5.41, 5.74) is 0. The van der Waals surface area contributed by atoms with Crippen LogP contribution in [0.1, 0.15) is 19.8 Å². The molecule has 94 valence electrons. The normalized spacial score (nSPS) is 16.8. The standard InChI is InChI=1S/C14H21NOS/c1-11(9-15-12-7-8-12)10-17-14-6-4-3-5-13(14)16-2/h3-6,11-12,15H,7-10H2,1-2H3. The molecule has 0 radical (unpaired) electrons. The summed E-state index contributed by atoms with van der Waals surface area (Å²) in [5.74, 6) is 2.82. The minimum atomic E-state index is 0.700. The molecule has 1 fully saturated rings. The molecular formula is C14H21NOS. The number of nitrogens with one attached hydrogen (secondary N) is 1. The molecule has 1 unspecified atom stereocenters. The van der Waals surface area contributed by atoms with Crippen molar-refractivity contribution < 1.29 is 4.74 Å². The summed E-state index contributed by atoms with van der Waals surface area (Å²) >= 11 is 1.89. The first kappa shape index (κ1) is 12.8. The average Bonchev–Trinajstić information content (AvgIpc) is 3.18. The molecule has 1 N–H and O–H groups in total. The van der Waals surface area contributed by atoms with Gasteiger partial charge >= 0.3 is 0 Å². The van der Waals surface area contributed by atoms with Crippen LogP contribution in [0, 0.1) is 5.92 Å². The predicted molar refractivity (Wildman–Crippen MR) is 73.9 cm³/mol. The molecule has 0 aliphatic heterocycles. The van der Waals surface area contributed by atoms with Crippen LogP contribution < -0.4 is 10.1 Å². The maximum absolute atomic E-state index is 5.35. The summed E-state index contributed by atoms with van der Waals surface area (Å²) in [6.07, 6.45) is 2.73. The molecule has 0 bridgehead atoms. The van der Waals surface area contributed by atoms with Crippen LogP contribution in [0.5, 0.6) is 5.75 Å². The summed E-state index contributed by atoms with van der Waals surface area (Å²) in [6, 6.07) is 9.05. The Hall–Kier alpha value is -0.670. The van der Waals surface area contributed by atoms with Crippen molar-refractivity contribution >= 4 is 11.8 Å². The van der Waals surface area contributed by atoms with Gasteiger partial charge in [0.2, 0.25) is 0 Å². The lowest BCUT2D eigenvalue weighted by molar-refractivity contribution is 0.404. The summed E-state index contributed by atoms with van der Waals surface area (Å²) in [4.78, 5) is 1.24. The van der Waals surface area contributed by atoms with Crippen molar-refractivity contribution in [3.8, 4) is 5.75 Å². The Bertz CT molecular complexity index is 352. The van der Waals surface area contributed by atoms with Gasteiger partial charge in [-0.25, -0.2) is 0 Å². The van der Waals surface area contributed by atoms with E-state index in [1.807, 2.05) is 23.9 Å². The summed E-state index contributed by atoms with van der Waals surface area (Å²) in [5, 5.41) is 3.58. The second-order valence-electron chi connectivity index (χ2n) is 4.75. The summed E-state index contributed by atoms with van der Waals surface area (Å²) in [7, 11) is 1.73. The van der Waals surface area contributed by atoms with E-state index < -0.39 is 0 Å². The van der Waals surface area contributed by atoms with E-state index in [9.17, 15) is 0 Å². The smallest absolute Gasteiger partial charge is 0.132 e. The maximum Gasteiger partial charge on any atom is 0.132 e. The lowest BCUT2D eigenvalue weighted by atomic mass is 10.2. The number of rotatable bonds is 7. The minimum absolute atomic E-state index is 0.700. The zero-order valence-electron chi connectivity index (χ0n) is 10.6. The van der Waals surface area contributed by atoms with E-state index in [1.54, 1.807) is 7.11 Å². The van der Waals surface area contributed by atoms with Gasteiger partial charge in [-0.1, -0.05) is 19.1 Å². The number of methoxy groups -OCH3 is 1. The third-order valence-electron chi connectivity index (χ3n) is 2.92. The zero-order valence-corrected chi connectivity index (χ0v) is 11.4. The lowest BCUT2D eigenvalue weighted by Crippen LogP contribution is -2.24. The number of ether oxygens (including phenoxy) is 1. The van der Waals surface area contributed by atoms with Gasteiger partial charge in [-0.3, -0.25) is 0 Å². The number of para-hydroxylation sites is 1. The first-order chi connectivity index (χ1) is 8.29. The van der Waals surface area contributed by atoms with E-state index in [0.29, 0.717) is 5.92 Å². The fraction of sp³-hybridized carbons (Fsp3) is 0.571. The molecule has 0 saturated heterocycles. The van der Waals surface area contributed by atoms with E-state index in [1.165, 1.54) is 17.7 Å². The van der Waals surface area contributed by atoms with E-state index in [4.69, 9.17) is 4.74 Å². The Morgan fingerprint density at radius 2 is 2.18 bits per heavy atom. The van der Waals surface area contributed by atoms with E-state index in [2.05, 4.69) is 24.4 Å². The number of hydrogen-bond donors (Lipinski definition) is 1. The molecule has 3 heteroatoms. The quantitative estimate of drug-likeness (QED) is 0.752. The monoisotopic (exact) mass is 251 g/mol. The van der Waals surface area contributed by atoms with Gasteiger partial charge in [-0.05, 0) is 37.4 Å². The Kier molecular flexibility index (Phi) is 4.75. The third kappa shape index (κ3) is 4.25. The van der Waals surface area contributed by atoms with Crippen molar-refractivity contribution in [3.63, 3.8) is 0 Å². The Morgan fingerprint density at radius 3 is 2.88 bits per heavy atom. The highest BCUT2D eigenvalue weighted by Crippen LogP contribution is 2.30. The predicted octanol–water partition coefficient (Wildman–Crippen LogP) is 3.18. The number of hydrogen-bond acceptors (Lipinski definition) is 3. The second kappa shape index (κ2) is 6.31. The summed E-state index contributed by atoms with van der Waals surface area (Å²) < 4.78 is 5.35. The minimum Gasteiger partial charge on any atom is -0.496 e. The summed E-state index contributed by atoms with van der Waals surface area (Å²) in [6.45, 7) is 3.44. The van der Waals surface area contributed by atoms with E-state index in [0.717, 1.165) is 24.1 Å². The molecule has 1 aliphatic carbocycles. The van der Waals surface area contributed by atoms with Crippen LogP contribution in [0.4, 0.5) is 0 Å². The fourth-order valence-corrected chi connectivity index (χ4v) is 2.73. The van der Waals surface area contributed by atoms with Crippen molar-refractivity contribution in [3.05, 3.63) is 24.3 Å². The Labute approximate surface area is 108 Å². The molecule has 2 nitrogen and oxygen atoms in total. The largest absolute Gasteiger partial charge is 0.496 e. The Balaban J connectivity index is 1.75. The van der Waals surface area contributed by atoms with Crippen molar-refractivity contribution in [2.24, 2.45) is 5.92 Å². The van der Waals surface area contributed by atoms with E-state index in [-0.39, 0.29) is 0 Å². The van der Waals surface area contributed by atoms with Gasteiger partial charge in [-0.15, -0.1) is 11.8 Å². The van der Waals surface area contributed by atoms with Gasteiger partial charge in [0.1, 0.15) is 5.75 Å². The van der Waals surface area contributed by atoms with Gasteiger partial charge < -0.3 is 10.1 Å². The molecule has 0 spiro atoms. The van der Waals surface area contributed by atoms with Crippen LogP contribution in [0.2, 0.25) is 0 Å². The first-order valence-electron chi connectivity index (χ1n) is 6.29. The molecule has 0 aromatic heterocycles. The Morgan fingerprint density at radius 1 is 1.41 bits per heavy atom. The molecule has 0 heterocycles. The first-order valence-corrected chi connectivity index (χ1v) is 7.27.